The Morgan fingerprint density at radius 3 is 2.83 bits per heavy atom. The van der Waals surface area contributed by atoms with E-state index in [-0.39, 0.29) is 17.7 Å². The number of methoxy groups -OCH3 is 1. The lowest BCUT2D eigenvalue weighted by molar-refractivity contribution is 0.0980. The number of nitrogens with two attached hydrogens (primary N) is 1. The number of nitrogen functional groups attached to an aromatic ring is 1. The highest BCUT2D eigenvalue weighted by atomic mass is 16.5. The molecular formula is C17H18N4O2. The van der Waals surface area contributed by atoms with Gasteiger partial charge in [0.1, 0.15) is 11.4 Å². The molecule has 0 bridgehead atoms. The van der Waals surface area contributed by atoms with Crippen LogP contribution in [0.2, 0.25) is 0 Å². The van der Waals surface area contributed by atoms with E-state index in [4.69, 9.17) is 10.5 Å². The molecule has 1 aromatic heterocycles. The molecule has 23 heavy (non-hydrogen) atoms. The molecule has 2 aromatic rings. The van der Waals surface area contributed by atoms with Crippen LogP contribution in [0, 0.1) is 0 Å². The molecular weight excluding hydrogens is 292 g/mol. The average Bonchev–Trinajstić information content (AvgIpc) is 3.02. The van der Waals surface area contributed by atoms with Gasteiger partial charge < -0.3 is 15.4 Å². The first-order valence-electron chi connectivity index (χ1n) is 7.81. The Balaban J connectivity index is 1.72. The van der Waals surface area contributed by atoms with Crippen molar-refractivity contribution < 1.29 is 9.53 Å². The van der Waals surface area contributed by atoms with Crippen LogP contribution < -0.4 is 15.4 Å². The Morgan fingerprint density at radius 2 is 2.00 bits per heavy atom. The predicted octanol–water partition coefficient (Wildman–Crippen LogP) is 1.76. The minimum Gasteiger partial charge on any atom is -0.467 e. The number of benzene rings is 1. The lowest BCUT2D eigenvalue weighted by Crippen LogP contribution is -2.39. The number of aryl methyl sites for hydroxylation is 2. The fourth-order valence-corrected chi connectivity index (χ4v) is 3.44. The van der Waals surface area contributed by atoms with Gasteiger partial charge in [-0.1, -0.05) is 6.07 Å². The summed E-state index contributed by atoms with van der Waals surface area (Å²) in [4.78, 5) is 22.9. The zero-order chi connectivity index (χ0) is 16.0. The molecule has 0 atom stereocenters. The average molecular weight is 310 g/mol. The lowest BCUT2D eigenvalue weighted by atomic mass is 10.0. The van der Waals surface area contributed by atoms with Crippen LogP contribution in [0.4, 0.5) is 11.5 Å². The van der Waals surface area contributed by atoms with E-state index in [2.05, 4.69) is 22.1 Å². The monoisotopic (exact) mass is 310 g/mol. The van der Waals surface area contributed by atoms with Gasteiger partial charge in [0.25, 0.3) is 5.91 Å². The van der Waals surface area contributed by atoms with Gasteiger partial charge in [-0.3, -0.25) is 4.79 Å². The molecule has 1 aliphatic carbocycles. The highest BCUT2D eigenvalue weighted by molar-refractivity contribution is 6.10. The Morgan fingerprint density at radius 1 is 1.17 bits per heavy atom. The molecule has 6 nitrogen and oxygen atoms in total. The number of carbonyl (C=O) groups is 1. The summed E-state index contributed by atoms with van der Waals surface area (Å²) < 4.78 is 5.03. The van der Waals surface area contributed by atoms with Crippen LogP contribution in [0.15, 0.2) is 18.2 Å². The summed E-state index contributed by atoms with van der Waals surface area (Å²) in [5.74, 6) is 0.0482. The Kier molecular flexibility index (Phi) is 3.18. The number of ether oxygens (including phenoxy) is 1. The lowest BCUT2D eigenvalue weighted by Gasteiger charge is -2.29. The van der Waals surface area contributed by atoms with Gasteiger partial charge in [-0.2, -0.15) is 9.97 Å². The van der Waals surface area contributed by atoms with Gasteiger partial charge >= 0.3 is 6.01 Å². The van der Waals surface area contributed by atoms with Crippen LogP contribution in [0.5, 0.6) is 6.01 Å². The maximum atomic E-state index is 12.9. The first-order valence-corrected chi connectivity index (χ1v) is 7.81. The van der Waals surface area contributed by atoms with E-state index in [0.717, 1.165) is 18.5 Å². The van der Waals surface area contributed by atoms with Crippen LogP contribution in [-0.2, 0) is 19.3 Å². The van der Waals surface area contributed by atoms with Gasteiger partial charge in [0.15, 0.2) is 0 Å². The molecule has 4 rings (SSSR count). The van der Waals surface area contributed by atoms with Gasteiger partial charge in [0.2, 0.25) is 0 Å². The molecule has 1 aliphatic heterocycles. The highest BCUT2D eigenvalue weighted by Gasteiger charge is 2.30. The Labute approximate surface area is 134 Å². The first-order chi connectivity index (χ1) is 11.2. The van der Waals surface area contributed by atoms with E-state index in [1.54, 1.807) is 4.90 Å². The highest BCUT2D eigenvalue weighted by Crippen LogP contribution is 2.31. The number of hydrogen-bond acceptors (Lipinski definition) is 5. The summed E-state index contributed by atoms with van der Waals surface area (Å²) in [5.41, 5.74) is 10.7. The van der Waals surface area contributed by atoms with Crippen LogP contribution in [0.3, 0.4) is 0 Å². The third-order valence-corrected chi connectivity index (χ3v) is 4.60. The minimum absolute atomic E-state index is 0.135. The molecule has 0 fully saturated rings. The van der Waals surface area contributed by atoms with Crippen LogP contribution >= 0.6 is 0 Å². The summed E-state index contributed by atoms with van der Waals surface area (Å²) in [5, 5.41) is 0. The van der Waals surface area contributed by atoms with Crippen molar-refractivity contribution in [2.45, 2.75) is 25.7 Å². The zero-order valence-electron chi connectivity index (χ0n) is 13.0. The van der Waals surface area contributed by atoms with Crippen molar-refractivity contribution in [1.29, 1.82) is 0 Å². The van der Waals surface area contributed by atoms with E-state index < -0.39 is 0 Å². The smallest absolute Gasteiger partial charge is 0.318 e. The van der Waals surface area contributed by atoms with Crippen molar-refractivity contribution in [2.24, 2.45) is 0 Å². The number of anilines is 2. The van der Waals surface area contributed by atoms with Crippen molar-refractivity contribution in [1.82, 2.24) is 9.97 Å². The van der Waals surface area contributed by atoms with Gasteiger partial charge in [0, 0.05) is 18.7 Å². The SMILES string of the molecule is COc1nc(N)c2c(n1)CCN(c1ccc3c(c1)CCC3)C2=O. The molecule has 0 saturated heterocycles. The summed E-state index contributed by atoms with van der Waals surface area (Å²) in [7, 11) is 1.49. The van der Waals surface area contributed by atoms with E-state index in [1.807, 2.05) is 6.07 Å². The fourth-order valence-electron chi connectivity index (χ4n) is 3.44. The second-order valence-corrected chi connectivity index (χ2v) is 5.93. The molecule has 118 valence electrons. The largest absolute Gasteiger partial charge is 0.467 e. The normalized spacial score (nSPS) is 16.2. The molecule has 1 amide bonds. The van der Waals surface area contributed by atoms with Crippen molar-refractivity contribution >= 4 is 17.4 Å². The van der Waals surface area contributed by atoms with Gasteiger partial charge in [-0.05, 0) is 42.5 Å². The first kappa shape index (κ1) is 14.0. The van der Waals surface area contributed by atoms with Crippen molar-refractivity contribution in [3.05, 3.63) is 40.6 Å². The predicted molar refractivity (Wildman–Crippen MR) is 86.8 cm³/mol. The number of amides is 1. The molecule has 0 saturated carbocycles. The summed E-state index contributed by atoms with van der Waals surface area (Å²) in [6.07, 6.45) is 4.05. The second kappa shape index (κ2) is 5.22. The molecule has 0 unspecified atom stereocenters. The van der Waals surface area contributed by atoms with Gasteiger partial charge in [-0.25, -0.2) is 0 Å². The van der Waals surface area contributed by atoms with Crippen molar-refractivity contribution in [3.63, 3.8) is 0 Å². The number of carbonyl (C=O) groups excluding carboxylic acids is 1. The zero-order valence-corrected chi connectivity index (χ0v) is 13.0. The standard InChI is InChI=1S/C17H18N4O2/c1-23-17-19-13-7-8-21(16(22)14(13)15(18)20-17)12-6-5-10-3-2-4-11(10)9-12/h5-6,9H,2-4,7-8H2,1H3,(H2,18,19,20). The van der Waals surface area contributed by atoms with E-state index in [0.29, 0.717) is 24.2 Å². The summed E-state index contributed by atoms with van der Waals surface area (Å²) in [6, 6.07) is 6.49. The minimum atomic E-state index is -0.135. The Hall–Kier alpha value is -2.63. The quantitative estimate of drug-likeness (QED) is 0.914. The molecule has 6 heteroatoms. The van der Waals surface area contributed by atoms with Gasteiger partial charge in [0.05, 0.1) is 12.8 Å². The fraction of sp³-hybridized carbons (Fsp3) is 0.353. The summed E-state index contributed by atoms with van der Waals surface area (Å²) in [6.45, 7) is 0.588. The van der Waals surface area contributed by atoms with E-state index in [9.17, 15) is 4.79 Å². The van der Waals surface area contributed by atoms with Crippen molar-refractivity contribution in [3.8, 4) is 6.01 Å². The topological polar surface area (TPSA) is 81.3 Å². The van der Waals surface area contributed by atoms with Crippen LogP contribution in [-0.4, -0.2) is 29.5 Å². The molecule has 2 N–H and O–H groups in total. The molecule has 2 aliphatic rings. The molecule has 0 spiro atoms. The molecule has 2 heterocycles. The van der Waals surface area contributed by atoms with E-state index >= 15 is 0 Å². The Bertz CT molecular complexity index is 803. The number of rotatable bonds is 2. The van der Waals surface area contributed by atoms with Crippen LogP contribution in [0.1, 0.15) is 33.6 Å². The summed E-state index contributed by atoms with van der Waals surface area (Å²) >= 11 is 0. The molecule has 1 aromatic carbocycles. The maximum Gasteiger partial charge on any atom is 0.318 e. The maximum absolute atomic E-state index is 12.9. The number of nitrogens with zero attached hydrogens (tertiary/aromatic N) is 3. The molecule has 0 radical (unpaired) electrons. The van der Waals surface area contributed by atoms with Crippen molar-refractivity contribution in [2.75, 3.05) is 24.3 Å². The van der Waals surface area contributed by atoms with E-state index in [1.165, 1.54) is 24.7 Å². The number of fused-ring (bicyclic) bond motifs is 2. The second-order valence-electron chi connectivity index (χ2n) is 5.93. The number of aromatic nitrogens is 2. The van der Waals surface area contributed by atoms with Gasteiger partial charge in [-0.15, -0.1) is 0 Å². The third kappa shape index (κ3) is 2.21. The van der Waals surface area contributed by atoms with Crippen LogP contribution in [0.25, 0.3) is 0 Å². The number of hydrogen-bond donors (Lipinski definition) is 1. The third-order valence-electron chi connectivity index (χ3n) is 4.60.